The van der Waals surface area contributed by atoms with Crippen molar-refractivity contribution >= 4 is 5.97 Å². The highest BCUT2D eigenvalue weighted by molar-refractivity contribution is 5.82. The number of hydrogen-bond donors (Lipinski definition) is 0. The van der Waals surface area contributed by atoms with Crippen LogP contribution in [-0.4, -0.2) is 5.97 Å². The van der Waals surface area contributed by atoms with E-state index in [2.05, 4.69) is 50.2 Å². The van der Waals surface area contributed by atoms with Gasteiger partial charge in [0.15, 0.2) is 0 Å². The molecular formula is C24H30O2. The molecule has 2 heteroatoms. The molecule has 138 valence electrons. The van der Waals surface area contributed by atoms with Crippen molar-refractivity contribution in [2.45, 2.75) is 71.1 Å². The maximum Gasteiger partial charge on any atom is 0.310 e. The second-order valence-electron chi connectivity index (χ2n) is 7.37. The third-order valence-electron chi connectivity index (χ3n) is 5.67. The Bertz CT molecular complexity index is 768. The van der Waals surface area contributed by atoms with Crippen molar-refractivity contribution < 1.29 is 9.53 Å². The average Bonchev–Trinajstić information content (AvgIpc) is 2.94. The molecule has 0 saturated heterocycles. The number of carbonyl (C=O) groups excluding carboxylic acids is 1. The van der Waals surface area contributed by atoms with E-state index in [1.54, 1.807) is 0 Å². The number of rotatable bonds is 8. The Labute approximate surface area is 157 Å². The molecule has 2 aromatic rings. The van der Waals surface area contributed by atoms with Crippen LogP contribution in [0.3, 0.4) is 0 Å². The summed E-state index contributed by atoms with van der Waals surface area (Å²) in [5.74, 6) is 0.508. The Morgan fingerprint density at radius 3 is 2.19 bits per heavy atom. The minimum atomic E-state index is -0.173. The first kappa shape index (κ1) is 18.7. The lowest BCUT2D eigenvalue weighted by molar-refractivity contribution is -0.134. The molecular weight excluding hydrogens is 320 g/mol. The van der Waals surface area contributed by atoms with Gasteiger partial charge in [0, 0.05) is 11.8 Å². The molecule has 1 aliphatic carbocycles. The average molecular weight is 351 g/mol. The summed E-state index contributed by atoms with van der Waals surface area (Å²) in [7, 11) is 0. The molecule has 0 heterocycles. The van der Waals surface area contributed by atoms with E-state index >= 15 is 0 Å². The molecule has 0 saturated carbocycles. The van der Waals surface area contributed by atoms with Crippen molar-refractivity contribution in [3.8, 4) is 16.9 Å². The molecule has 0 bridgehead atoms. The monoisotopic (exact) mass is 350 g/mol. The van der Waals surface area contributed by atoms with E-state index < -0.39 is 0 Å². The van der Waals surface area contributed by atoms with Crippen molar-refractivity contribution in [1.82, 2.24) is 0 Å². The topological polar surface area (TPSA) is 26.3 Å². The van der Waals surface area contributed by atoms with E-state index in [1.807, 2.05) is 13.0 Å². The summed E-state index contributed by atoms with van der Waals surface area (Å²) in [6.45, 7) is 6.35. The number of esters is 1. The Morgan fingerprint density at radius 2 is 1.54 bits per heavy atom. The molecule has 2 nitrogen and oxygen atoms in total. The molecule has 0 amide bonds. The van der Waals surface area contributed by atoms with Gasteiger partial charge < -0.3 is 4.74 Å². The lowest BCUT2D eigenvalue weighted by atomic mass is 9.71. The van der Waals surface area contributed by atoms with Gasteiger partial charge in [0.2, 0.25) is 0 Å². The highest BCUT2D eigenvalue weighted by Crippen LogP contribution is 2.54. The normalized spacial score (nSPS) is 14.0. The van der Waals surface area contributed by atoms with Crippen molar-refractivity contribution in [1.29, 1.82) is 0 Å². The van der Waals surface area contributed by atoms with Crippen LogP contribution in [0.25, 0.3) is 11.1 Å². The number of ether oxygens (including phenoxy) is 1. The fourth-order valence-corrected chi connectivity index (χ4v) is 4.32. The van der Waals surface area contributed by atoms with Gasteiger partial charge in [-0.05, 0) is 47.2 Å². The maximum absolute atomic E-state index is 11.8. The molecule has 0 unspecified atom stereocenters. The molecule has 26 heavy (non-hydrogen) atoms. The fraction of sp³-hybridized carbons (Fsp3) is 0.458. The molecule has 0 fully saturated rings. The highest BCUT2D eigenvalue weighted by Gasteiger charge is 2.42. The summed E-state index contributed by atoms with van der Waals surface area (Å²) >= 11 is 0. The first-order valence-electron chi connectivity index (χ1n) is 10.1. The molecule has 2 aromatic carbocycles. The predicted octanol–water partition coefficient (Wildman–Crippen LogP) is 6.65. The standard InChI is InChI=1S/C24H30O2/c1-4-7-15-24(16-8-5-2)21-12-10-9-11-19(21)20-14-13-18(17-22(20)24)26-23(25)6-3/h9-14,17H,4-8,15-16H2,1-3H3. The first-order valence-corrected chi connectivity index (χ1v) is 10.1. The molecule has 0 radical (unpaired) electrons. The number of unbranched alkanes of at least 4 members (excludes halogenated alkanes) is 2. The van der Waals surface area contributed by atoms with E-state index in [4.69, 9.17) is 4.74 Å². The van der Waals surface area contributed by atoms with E-state index in [0.29, 0.717) is 12.2 Å². The van der Waals surface area contributed by atoms with Crippen LogP contribution in [0.2, 0.25) is 0 Å². The van der Waals surface area contributed by atoms with Crippen molar-refractivity contribution in [2.75, 3.05) is 0 Å². The number of fused-ring (bicyclic) bond motifs is 3. The van der Waals surface area contributed by atoms with E-state index in [9.17, 15) is 4.79 Å². The van der Waals surface area contributed by atoms with E-state index in [0.717, 1.165) is 12.8 Å². The van der Waals surface area contributed by atoms with Crippen molar-refractivity contribution in [3.63, 3.8) is 0 Å². The third-order valence-corrected chi connectivity index (χ3v) is 5.67. The number of carbonyl (C=O) groups is 1. The summed E-state index contributed by atoms with van der Waals surface area (Å²) in [5, 5.41) is 0. The van der Waals surface area contributed by atoms with Crippen LogP contribution < -0.4 is 4.74 Å². The minimum Gasteiger partial charge on any atom is -0.427 e. The van der Waals surface area contributed by atoms with Gasteiger partial charge in [0.25, 0.3) is 0 Å². The lowest BCUT2D eigenvalue weighted by Gasteiger charge is -2.32. The summed E-state index contributed by atoms with van der Waals surface area (Å²) < 4.78 is 5.55. The molecule has 0 aliphatic heterocycles. The van der Waals surface area contributed by atoms with Gasteiger partial charge in [0.05, 0.1) is 0 Å². The van der Waals surface area contributed by atoms with Crippen LogP contribution >= 0.6 is 0 Å². The molecule has 1 aliphatic rings. The Kier molecular flexibility index (Phi) is 5.80. The van der Waals surface area contributed by atoms with Crippen LogP contribution in [0.5, 0.6) is 5.75 Å². The van der Waals surface area contributed by atoms with Crippen molar-refractivity contribution in [3.05, 3.63) is 53.6 Å². The van der Waals surface area contributed by atoms with E-state index in [1.165, 1.54) is 47.9 Å². The number of benzene rings is 2. The minimum absolute atomic E-state index is 0.0482. The highest BCUT2D eigenvalue weighted by atomic mass is 16.5. The van der Waals surface area contributed by atoms with Crippen LogP contribution in [-0.2, 0) is 10.2 Å². The molecule has 0 aromatic heterocycles. The lowest BCUT2D eigenvalue weighted by Crippen LogP contribution is -2.25. The van der Waals surface area contributed by atoms with Gasteiger partial charge >= 0.3 is 5.97 Å². The SMILES string of the molecule is CCCCC1(CCCC)c2ccccc2-c2ccc(OC(=O)CC)cc21. The molecule has 0 spiro atoms. The van der Waals surface area contributed by atoms with Crippen LogP contribution in [0.4, 0.5) is 0 Å². The van der Waals surface area contributed by atoms with Gasteiger partial charge in [-0.15, -0.1) is 0 Å². The van der Waals surface area contributed by atoms with E-state index in [-0.39, 0.29) is 11.4 Å². The fourth-order valence-electron chi connectivity index (χ4n) is 4.32. The van der Waals surface area contributed by atoms with Crippen molar-refractivity contribution in [2.24, 2.45) is 0 Å². The Morgan fingerprint density at radius 1 is 0.885 bits per heavy atom. The molecule has 0 atom stereocenters. The third kappa shape index (κ3) is 3.30. The molecule has 3 rings (SSSR count). The smallest absolute Gasteiger partial charge is 0.310 e. The predicted molar refractivity (Wildman–Crippen MR) is 108 cm³/mol. The van der Waals surface area contributed by atoms with Gasteiger partial charge in [-0.3, -0.25) is 4.79 Å². The summed E-state index contributed by atoms with van der Waals surface area (Å²) in [4.78, 5) is 11.8. The van der Waals surface area contributed by atoms with Gasteiger partial charge in [-0.25, -0.2) is 0 Å². The second kappa shape index (κ2) is 8.07. The maximum atomic E-state index is 11.8. The first-order chi connectivity index (χ1) is 12.7. The zero-order chi connectivity index (χ0) is 18.6. The largest absolute Gasteiger partial charge is 0.427 e. The van der Waals surface area contributed by atoms with Crippen LogP contribution in [0, 0.1) is 0 Å². The van der Waals surface area contributed by atoms with Gasteiger partial charge in [0.1, 0.15) is 5.75 Å². The quantitative estimate of drug-likeness (QED) is 0.393. The van der Waals surface area contributed by atoms with Gasteiger partial charge in [-0.1, -0.05) is 76.8 Å². The zero-order valence-electron chi connectivity index (χ0n) is 16.3. The summed E-state index contributed by atoms with van der Waals surface area (Å²) in [6, 6.07) is 15.1. The Balaban J connectivity index is 2.13. The molecule has 0 N–H and O–H groups in total. The number of hydrogen-bond acceptors (Lipinski definition) is 2. The second-order valence-corrected chi connectivity index (χ2v) is 7.37. The van der Waals surface area contributed by atoms with Crippen LogP contribution in [0.15, 0.2) is 42.5 Å². The Hall–Kier alpha value is -2.09. The van der Waals surface area contributed by atoms with Gasteiger partial charge in [-0.2, -0.15) is 0 Å². The zero-order valence-corrected chi connectivity index (χ0v) is 16.3. The summed E-state index contributed by atoms with van der Waals surface area (Å²) in [5.41, 5.74) is 5.51. The summed E-state index contributed by atoms with van der Waals surface area (Å²) in [6.07, 6.45) is 7.49. The van der Waals surface area contributed by atoms with Crippen LogP contribution in [0.1, 0.15) is 76.8 Å².